The molecule has 128 valence electrons. The summed E-state index contributed by atoms with van der Waals surface area (Å²) >= 11 is 0. The number of Topliss-reactive ketones (excluding diaryl/α,β-unsaturated/α-hetero) is 1. The van der Waals surface area contributed by atoms with Crippen LogP contribution < -0.4 is 0 Å². The highest BCUT2D eigenvalue weighted by Gasteiger charge is 2.63. The predicted octanol–water partition coefficient (Wildman–Crippen LogP) is 4.12. The number of ketones is 1. The van der Waals surface area contributed by atoms with E-state index in [0.717, 1.165) is 19.3 Å². The summed E-state index contributed by atoms with van der Waals surface area (Å²) < 4.78 is 29.1. The first-order valence-electron chi connectivity index (χ1n) is 9.01. The van der Waals surface area contributed by atoms with E-state index in [4.69, 9.17) is 0 Å². The van der Waals surface area contributed by atoms with E-state index >= 15 is 0 Å². The minimum absolute atomic E-state index is 0.172. The van der Waals surface area contributed by atoms with Crippen LogP contribution in [0, 0.1) is 28.6 Å². The summed E-state index contributed by atoms with van der Waals surface area (Å²) in [4.78, 5) is 12.3. The summed E-state index contributed by atoms with van der Waals surface area (Å²) in [5.74, 6) is -1.79. The Balaban J connectivity index is 1.74. The summed E-state index contributed by atoms with van der Waals surface area (Å²) in [7, 11) is 0. The van der Waals surface area contributed by atoms with Crippen LogP contribution in [0.25, 0.3) is 0 Å². The molecule has 0 aliphatic heterocycles. The Labute approximate surface area is 136 Å². The molecular formula is C19H26F2O2. The molecule has 0 saturated heterocycles. The lowest BCUT2D eigenvalue weighted by Gasteiger charge is -2.57. The zero-order chi connectivity index (χ0) is 16.6. The first-order chi connectivity index (χ1) is 10.7. The largest absolute Gasteiger partial charge is 0.386 e. The smallest absolute Gasteiger partial charge is 0.295 e. The van der Waals surface area contributed by atoms with Gasteiger partial charge < -0.3 is 5.11 Å². The Morgan fingerprint density at radius 1 is 1.09 bits per heavy atom. The van der Waals surface area contributed by atoms with Crippen molar-refractivity contribution in [3.8, 4) is 0 Å². The number of hydrogen-bond donors (Lipinski definition) is 1. The van der Waals surface area contributed by atoms with Gasteiger partial charge in [-0.05, 0) is 61.7 Å². The molecule has 0 spiro atoms. The van der Waals surface area contributed by atoms with Gasteiger partial charge in [-0.2, -0.15) is 8.78 Å². The van der Waals surface area contributed by atoms with Gasteiger partial charge in [-0.1, -0.05) is 19.9 Å². The van der Waals surface area contributed by atoms with Crippen molar-refractivity contribution in [1.29, 1.82) is 0 Å². The van der Waals surface area contributed by atoms with Crippen molar-refractivity contribution in [2.24, 2.45) is 28.6 Å². The topological polar surface area (TPSA) is 37.3 Å². The lowest BCUT2D eigenvalue weighted by Crippen LogP contribution is -2.55. The van der Waals surface area contributed by atoms with E-state index < -0.39 is 17.4 Å². The number of carbonyl (C=O) groups excluding carboxylic acids is 1. The van der Waals surface area contributed by atoms with Gasteiger partial charge in [0.1, 0.15) is 11.9 Å². The van der Waals surface area contributed by atoms with Crippen LogP contribution in [0.1, 0.15) is 58.8 Å². The number of alkyl halides is 2. The van der Waals surface area contributed by atoms with E-state index in [1.165, 1.54) is 0 Å². The van der Waals surface area contributed by atoms with Crippen molar-refractivity contribution >= 4 is 5.78 Å². The number of aliphatic hydroxyl groups is 1. The summed E-state index contributed by atoms with van der Waals surface area (Å²) in [6.45, 7) is 4.08. The number of hydrogen-bond acceptors (Lipinski definition) is 2. The van der Waals surface area contributed by atoms with Gasteiger partial charge in [-0.25, -0.2) is 0 Å². The number of halogens is 2. The standard InChI is InChI=1S/C19H26F2O2/c1-17-10-8-16(23)19(20,21)14(17)5-3-11-12-4-6-15(22)18(12,2)9-7-13(11)17/h5,11-13,16,23H,3-4,6-10H2,1-2H3/t11-,12-,13+,16?,17+,18-/m0/s1. The highest BCUT2D eigenvalue weighted by Crippen LogP contribution is 2.65. The van der Waals surface area contributed by atoms with Crippen molar-refractivity contribution in [3.05, 3.63) is 11.6 Å². The molecule has 4 aliphatic carbocycles. The van der Waals surface area contributed by atoms with Crippen LogP contribution in [-0.2, 0) is 4.79 Å². The van der Waals surface area contributed by atoms with Crippen LogP contribution in [0.15, 0.2) is 11.6 Å². The maximum absolute atomic E-state index is 14.6. The molecular weight excluding hydrogens is 298 g/mol. The summed E-state index contributed by atoms with van der Waals surface area (Å²) in [6, 6.07) is 0. The van der Waals surface area contributed by atoms with E-state index in [1.54, 1.807) is 6.08 Å². The van der Waals surface area contributed by atoms with Crippen molar-refractivity contribution in [2.75, 3.05) is 0 Å². The molecule has 4 rings (SSSR count). The normalized spacial score (nSPS) is 51.5. The molecule has 0 amide bonds. The SMILES string of the molecule is C[C@]12CCC(O)C(F)(F)C1=CC[C@@H]1[C@H]2CC[C@]2(C)C(=O)CC[C@@H]12. The molecule has 0 bridgehead atoms. The highest BCUT2D eigenvalue weighted by molar-refractivity contribution is 5.87. The fraction of sp³-hybridized carbons (Fsp3) is 0.842. The number of carbonyl (C=O) groups is 1. The van der Waals surface area contributed by atoms with Gasteiger partial charge in [0.05, 0.1) is 0 Å². The van der Waals surface area contributed by atoms with E-state index in [-0.39, 0.29) is 23.3 Å². The number of rotatable bonds is 0. The van der Waals surface area contributed by atoms with E-state index in [2.05, 4.69) is 6.92 Å². The molecule has 2 nitrogen and oxygen atoms in total. The summed E-state index contributed by atoms with van der Waals surface area (Å²) in [6.07, 6.45) is 4.92. The maximum Gasteiger partial charge on any atom is 0.295 e. The van der Waals surface area contributed by atoms with Gasteiger partial charge in [-0.3, -0.25) is 4.79 Å². The summed E-state index contributed by atoms with van der Waals surface area (Å²) in [5, 5.41) is 9.78. The first kappa shape index (κ1) is 15.7. The maximum atomic E-state index is 14.6. The summed E-state index contributed by atoms with van der Waals surface area (Å²) in [5.41, 5.74) is -0.559. The number of fused-ring (bicyclic) bond motifs is 5. The number of aliphatic hydroxyl groups excluding tert-OH is 1. The Morgan fingerprint density at radius 2 is 1.74 bits per heavy atom. The first-order valence-corrected chi connectivity index (χ1v) is 9.01. The van der Waals surface area contributed by atoms with Gasteiger partial charge in [0.15, 0.2) is 0 Å². The van der Waals surface area contributed by atoms with E-state index in [9.17, 15) is 18.7 Å². The second-order valence-electron chi connectivity index (χ2n) is 8.74. The third-order valence-corrected chi connectivity index (χ3v) is 7.89. The fourth-order valence-corrected chi connectivity index (χ4v) is 6.50. The lowest BCUT2D eigenvalue weighted by atomic mass is 9.47. The molecule has 3 fully saturated rings. The van der Waals surface area contributed by atoms with Crippen LogP contribution in [0.3, 0.4) is 0 Å². The van der Waals surface area contributed by atoms with Gasteiger partial charge in [0, 0.05) is 17.4 Å². The van der Waals surface area contributed by atoms with E-state index in [1.807, 2.05) is 6.92 Å². The minimum Gasteiger partial charge on any atom is -0.386 e. The Bertz CT molecular complexity index is 584. The lowest BCUT2D eigenvalue weighted by molar-refractivity contribution is -0.146. The molecule has 0 aromatic rings. The molecule has 0 aromatic carbocycles. The average Bonchev–Trinajstić information content (AvgIpc) is 2.79. The van der Waals surface area contributed by atoms with Crippen LogP contribution >= 0.6 is 0 Å². The van der Waals surface area contributed by atoms with Crippen molar-refractivity contribution in [1.82, 2.24) is 0 Å². The quantitative estimate of drug-likeness (QED) is 0.681. The zero-order valence-corrected chi connectivity index (χ0v) is 13.9. The zero-order valence-electron chi connectivity index (χ0n) is 13.9. The van der Waals surface area contributed by atoms with Gasteiger partial charge in [0.25, 0.3) is 5.92 Å². The fourth-order valence-electron chi connectivity index (χ4n) is 6.50. The highest BCUT2D eigenvalue weighted by atomic mass is 19.3. The van der Waals surface area contributed by atoms with Crippen molar-refractivity contribution < 1.29 is 18.7 Å². The Kier molecular flexibility index (Phi) is 3.18. The van der Waals surface area contributed by atoms with Crippen LogP contribution in [0.4, 0.5) is 8.78 Å². The molecule has 0 radical (unpaired) electrons. The third kappa shape index (κ3) is 1.85. The Hall–Kier alpha value is -0.770. The second-order valence-corrected chi connectivity index (χ2v) is 8.74. The molecule has 4 heteroatoms. The van der Waals surface area contributed by atoms with Crippen molar-refractivity contribution in [3.63, 3.8) is 0 Å². The van der Waals surface area contributed by atoms with Crippen LogP contribution in [0.2, 0.25) is 0 Å². The minimum atomic E-state index is -3.09. The molecule has 1 N–H and O–H groups in total. The number of allylic oxidation sites excluding steroid dienone is 1. The van der Waals surface area contributed by atoms with Crippen molar-refractivity contribution in [2.45, 2.75) is 70.8 Å². The van der Waals surface area contributed by atoms with E-state index in [0.29, 0.717) is 36.9 Å². The second kappa shape index (κ2) is 4.65. The third-order valence-electron chi connectivity index (χ3n) is 7.89. The van der Waals surface area contributed by atoms with Crippen LogP contribution in [0.5, 0.6) is 0 Å². The molecule has 1 unspecified atom stereocenters. The monoisotopic (exact) mass is 324 g/mol. The van der Waals surface area contributed by atoms with Crippen LogP contribution in [-0.4, -0.2) is 22.9 Å². The molecule has 3 saturated carbocycles. The molecule has 0 heterocycles. The average molecular weight is 324 g/mol. The molecule has 4 aliphatic rings. The van der Waals surface area contributed by atoms with Gasteiger partial charge in [0.2, 0.25) is 0 Å². The molecule has 6 atom stereocenters. The van der Waals surface area contributed by atoms with Gasteiger partial charge >= 0.3 is 0 Å². The molecule has 0 aromatic heterocycles. The predicted molar refractivity (Wildman–Crippen MR) is 83.0 cm³/mol. The Morgan fingerprint density at radius 3 is 2.48 bits per heavy atom. The molecule has 23 heavy (non-hydrogen) atoms. The van der Waals surface area contributed by atoms with Gasteiger partial charge in [-0.15, -0.1) is 0 Å².